The normalized spacial score (nSPS) is 26.5. The quantitative estimate of drug-likeness (QED) is 0.790. The van der Waals surface area contributed by atoms with Gasteiger partial charge in [0.2, 0.25) is 0 Å². The molecular weight excluding hydrogens is 254 g/mol. The minimum Gasteiger partial charge on any atom is -0.314 e. The largest absolute Gasteiger partial charge is 0.314 e. The smallest absolute Gasteiger partial charge is 0.00104 e. The van der Waals surface area contributed by atoms with E-state index in [-0.39, 0.29) is 0 Å². The summed E-state index contributed by atoms with van der Waals surface area (Å²) in [6.45, 7) is 12.6. The summed E-state index contributed by atoms with van der Waals surface area (Å²) in [6.07, 6.45) is 4.15. The molecule has 1 N–H and O–H groups in total. The van der Waals surface area contributed by atoms with Crippen LogP contribution < -0.4 is 5.32 Å². The molecule has 0 amide bonds. The average molecular weight is 287 g/mol. The van der Waals surface area contributed by atoms with Crippen LogP contribution in [0.5, 0.6) is 0 Å². The highest BCUT2D eigenvalue weighted by molar-refractivity contribution is 5.25. The maximum atomic E-state index is 3.67. The highest BCUT2D eigenvalue weighted by Crippen LogP contribution is 2.43. The molecule has 21 heavy (non-hydrogen) atoms. The summed E-state index contributed by atoms with van der Waals surface area (Å²) in [6, 6.07) is 9.88. The Bertz CT molecular complexity index is 418. The summed E-state index contributed by atoms with van der Waals surface area (Å²) >= 11 is 0. The van der Waals surface area contributed by atoms with Crippen molar-refractivity contribution >= 4 is 0 Å². The number of aryl methyl sites for hydroxylation is 1. The van der Waals surface area contributed by atoms with Crippen molar-refractivity contribution in [1.82, 2.24) is 5.32 Å². The summed E-state index contributed by atoms with van der Waals surface area (Å²) < 4.78 is 0. The van der Waals surface area contributed by atoms with Crippen LogP contribution in [0.2, 0.25) is 0 Å². The van der Waals surface area contributed by atoms with Gasteiger partial charge >= 0.3 is 0 Å². The van der Waals surface area contributed by atoms with Crippen molar-refractivity contribution in [2.24, 2.45) is 17.8 Å². The van der Waals surface area contributed by atoms with Crippen LogP contribution >= 0.6 is 0 Å². The van der Waals surface area contributed by atoms with Crippen LogP contribution in [0.15, 0.2) is 24.3 Å². The van der Waals surface area contributed by atoms with Crippen LogP contribution in [-0.4, -0.2) is 12.6 Å². The molecule has 1 aromatic carbocycles. The monoisotopic (exact) mass is 287 g/mol. The van der Waals surface area contributed by atoms with E-state index in [1.807, 2.05) is 0 Å². The van der Waals surface area contributed by atoms with Crippen molar-refractivity contribution in [2.45, 2.75) is 65.8 Å². The van der Waals surface area contributed by atoms with Crippen molar-refractivity contribution in [3.8, 4) is 0 Å². The van der Waals surface area contributed by atoms with E-state index >= 15 is 0 Å². The fourth-order valence-corrected chi connectivity index (χ4v) is 3.72. The second-order valence-electron chi connectivity index (χ2n) is 7.66. The molecule has 0 radical (unpaired) electrons. The van der Waals surface area contributed by atoms with Crippen molar-refractivity contribution in [1.29, 1.82) is 0 Å². The van der Waals surface area contributed by atoms with Gasteiger partial charge in [0.15, 0.2) is 0 Å². The lowest BCUT2D eigenvalue weighted by Gasteiger charge is -2.39. The van der Waals surface area contributed by atoms with E-state index in [9.17, 15) is 0 Å². The first-order valence-corrected chi connectivity index (χ1v) is 8.77. The van der Waals surface area contributed by atoms with Gasteiger partial charge in [-0.05, 0) is 62.0 Å². The van der Waals surface area contributed by atoms with Gasteiger partial charge in [0.1, 0.15) is 0 Å². The van der Waals surface area contributed by atoms with Gasteiger partial charge in [0.05, 0.1) is 0 Å². The molecule has 0 aliphatic heterocycles. The molecule has 3 atom stereocenters. The fraction of sp³-hybridized carbons (Fsp3) is 0.700. The lowest BCUT2D eigenvalue weighted by Crippen LogP contribution is -2.35. The minimum atomic E-state index is 0.589. The van der Waals surface area contributed by atoms with Crippen LogP contribution in [0.3, 0.4) is 0 Å². The van der Waals surface area contributed by atoms with Crippen molar-refractivity contribution in [2.75, 3.05) is 6.54 Å². The van der Waals surface area contributed by atoms with E-state index in [2.05, 4.69) is 64.2 Å². The second-order valence-corrected chi connectivity index (χ2v) is 7.66. The van der Waals surface area contributed by atoms with Gasteiger partial charge in [0.25, 0.3) is 0 Å². The molecule has 0 bridgehead atoms. The Morgan fingerprint density at radius 2 is 1.71 bits per heavy atom. The predicted octanol–water partition coefficient (Wildman–Crippen LogP) is 5.15. The van der Waals surface area contributed by atoms with Crippen LogP contribution in [-0.2, 0) is 0 Å². The molecule has 3 unspecified atom stereocenters. The van der Waals surface area contributed by atoms with Gasteiger partial charge in [-0.2, -0.15) is 0 Å². The zero-order chi connectivity index (χ0) is 15.4. The molecule has 118 valence electrons. The summed E-state index contributed by atoms with van der Waals surface area (Å²) in [7, 11) is 0. The first-order valence-electron chi connectivity index (χ1n) is 8.77. The van der Waals surface area contributed by atoms with Gasteiger partial charge in [0, 0.05) is 6.04 Å². The first-order chi connectivity index (χ1) is 9.97. The molecule has 1 nitrogen and oxygen atoms in total. The summed E-state index contributed by atoms with van der Waals surface area (Å²) in [5.41, 5.74) is 2.92. The van der Waals surface area contributed by atoms with Crippen molar-refractivity contribution < 1.29 is 0 Å². The van der Waals surface area contributed by atoms with E-state index < -0.39 is 0 Å². The maximum absolute atomic E-state index is 3.67. The highest BCUT2D eigenvalue weighted by Gasteiger charge is 2.32. The first kappa shape index (κ1) is 16.5. The van der Waals surface area contributed by atoms with Crippen LogP contribution in [0.25, 0.3) is 0 Å². The Labute approximate surface area is 131 Å². The molecule has 1 saturated carbocycles. The fourth-order valence-electron chi connectivity index (χ4n) is 3.72. The van der Waals surface area contributed by atoms with E-state index in [1.54, 1.807) is 5.56 Å². The van der Waals surface area contributed by atoms with E-state index in [4.69, 9.17) is 0 Å². The van der Waals surface area contributed by atoms with Gasteiger partial charge in [-0.25, -0.2) is 0 Å². The molecule has 1 fully saturated rings. The topological polar surface area (TPSA) is 12.0 Å². The summed E-state index contributed by atoms with van der Waals surface area (Å²) in [5.74, 6) is 3.24. The van der Waals surface area contributed by atoms with Crippen molar-refractivity contribution in [3.63, 3.8) is 0 Å². The zero-order valence-electron chi connectivity index (χ0n) is 14.5. The molecule has 1 aromatic rings. The lowest BCUT2D eigenvalue weighted by molar-refractivity contribution is 0.188. The van der Waals surface area contributed by atoms with Gasteiger partial charge < -0.3 is 5.32 Å². The third-order valence-corrected chi connectivity index (χ3v) is 5.27. The highest BCUT2D eigenvalue weighted by atomic mass is 14.9. The number of hydrogen-bond donors (Lipinski definition) is 1. The van der Waals surface area contributed by atoms with E-state index in [0.29, 0.717) is 6.04 Å². The number of benzene rings is 1. The summed E-state index contributed by atoms with van der Waals surface area (Å²) in [5, 5.41) is 3.67. The maximum Gasteiger partial charge on any atom is 0.00104 e. The second kappa shape index (κ2) is 7.45. The third kappa shape index (κ3) is 4.57. The van der Waals surface area contributed by atoms with Gasteiger partial charge in [-0.15, -0.1) is 0 Å². The molecule has 2 rings (SSSR count). The Hall–Kier alpha value is -0.820. The van der Waals surface area contributed by atoms with Gasteiger partial charge in [-0.3, -0.25) is 0 Å². The number of hydrogen-bond acceptors (Lipinski definition) is 1. The molecule has 0 spiro atoms. The minimum absolute atomic E-state index is 0.589. The molecule has 1 aliphatic rings. The molecule has 1 aliphatic carbocycles. The van der Waals surface area contributed by atoms with E-state index in [1.165, 1.54) is 31.4 Å². The predicted molar refractivity (Wildman–Crippen MR) is 92.7 cm³/mol. The SMILES string of the molecule is Cc1ccc(C2CC(C(C)C)CCC2CNC(C)C)cc1. The molecule has 1 heteroatoms. The summed E-state index contributed by atoms with van der Waals surface area (Å²) in [4.78, 5) is 0. The number of nitrogens with one attached hydrogen (secondary N) is 1. The van der Waals surface area contributed by atoms with Gasteiger partial charge in [-0.1, -0.05) is 57.5 Å². The zero-order valence-corrected chi connectivity index (χ0v) is 14.5. The lowest BCUT2D eigenvalue weighted by atomic mass is 9.68. The Morgan fingerprint density at radius 3 is 2.29 bits per heavy atom. The number of rotatable bonds is 5. The molecule has 0 saturated heterocycles. The van der Waals surface area contributed by atoms with Crippen LogP contribution in [0.4, 0.5) is 0 Å². The average Bonchev–Trinajstić information content (AvgIpc) is 2.45. The van der Waals surface area contributed by atoms with Crippen LogP contribution in [0.1, 0.15) is 64.0 Å². The molecule has 0 aromatic heterocycles. The Balaban J connectivity index is 2.13. The molecular formula is C20H33N. The third-order valence-electron chi connectivity index (χ3n) is 5.27. The Kier molecular flexibility index (Phi) is 5.87. The Morgan fingerprint density at radius 1 is 1.05 bits per heavy atom. The van der Waals surface area contributed by atoms with Crippen LogP contribution in [0, 0.1) is 24.7 Å². The van der Waals surface area contributed by atoms with Crippen molar-refractivity contribution in [3.05, 3.63) is 35.4 Å². The van der Waals surface area contributed by atoms with E-state index in [0.717, 1.165) is 23.7 Å². The molecule has 0 heterocycles. The standard InChI is InChI=1S/C20H33N/c1-14(2)18-10-11-19(13-21-15(3)4)20(12-18)17-8-6-16(5)7-9-17/h6-9,14-15,18-21H,10-13H2,1-5H3.